The van der Waals surface area contributed by atoms with Crippen LogP contribution in [0.15, 0.2) is 65.6 Å². The first-order valence-corrected chi connectivity index (χ1v) is 9.76. The van der Waals surface area contributed by atoms with E-state index in [0.717, 1.165) is 11.1 Å². The molecule has 1 unspecified atom stereocenters. The van der Waals surface area contributed by atoms with E-state index in [1.807, 2.05) is 6.92 Å². The molecule has 1 aliphatic carbocycles. The summed E-state index contributed by atoms with van der Waals surface area (Å²) in [6.45, 7) is 1.79. The predicted octanol–water partition coefficient (Wildman–Crippen LogP) is 4.07. The van der Waals surface area contributed by atoms with Crippen LogP contribution in [0.2, 0.25) is 0 Å². The minimum absolute atomic E-state index is 0.0131. The van der Waals surface area contributed by atoms with Crippen LogP contribution in [0.3, 0.4) is 0 Å². The number of aliphatic hydroxyl groups excluding tert-OH is 1. The van der Waals surface area contributed by atoms with Gasteiger partial charge in [0.2, 0.25) is 0 Å². The Morgan fingerprint density at radius 1 is 1.15 bits per heavy atom. The fourth-order valence-corrected chi connectivity index (χ4v) is 4.29. The van der Waals surface area contributed by atoms with Crippen LogP contribution in [0.4, 0.5) is 10.1 Å². The number of sulfonamides is 1. The zero-order chi connectivity index (χ0) is 18.7. The van der Waals surface area contributed by atoms with Gasteiger partial charge in [0.15, 0.2) is 0 Å². The number of hydrogen-bond acceptors (Lipinski definition) is 3. The molecule has 2 aromatic rings. The van der Waals surface area contributed by atoms with Gasteiger partial charge in [-0.3, -0.25) is 4.72 Å². The Labute approximate surface area is 152 Å². The number of aliphatic hydroxyl groups is 1. The van der Waals surface area contributed by atoms with E-state index in [0.29, 0.717) is 22.6 Å². The molecule has 0 amide bonds. The van der Waals surface area contributed by atoms with Gasteiger partial charge in [-0.2, -0.15) is 0 Å². The third-order valence-corrected chi connectivity index (χ3v) is 5.87. The number of anilines is 1. The van der Waals surface area contributed by atoms with Crippen LogP contribution >= 0.6 is 0 Å². The highest BCUT2D eigenvalue weighted by molar-refractivity contribution is 7.96. The average molecular weight is 373 g/mol. The van der Waals surface area contributed by atoms with Crippen molar-refractivity contribution in [3.63, 3.8) is 0 Å². The van der Waals surface area contributed by atoms with Crippen molar-refractivity contribution in [2.24, 2.45) is 5.92 Å². The molecule has 0 radical (unpaired) electrons. The second kappa shape index (κ2) is 7.43. The van der Waals surface area contributed by atoms with Gasteiger partial charge in [-0.1, -0.05) is 37.3 Å². The van der Waals surface area contributed by atoms with Crippen molar-refractivity contribution in [2.45, 2.75) is 20.0 Å². The van der Waals surface area contributed by atoms with Gasteiger partial charge in [-0.05, 0) is 59.4 Å². The molecule has 26 heavy (non-hydrogen) atoms. The molecule has 0 heterocycles. The van der Waals surface area contributed by atoms with E-state index in [1.165, 1.54) is 12.1 Å². The third kappa shape index (κ3) is 4.03. The van der Waals surface area contributed by atoms with Crippen LogP contribution in [0.5, 0.6) is 0 Å². The molecule has 0 aromatic heterocycles. The second-order valence-corrected chi connectivity index (χ2v) is 8.07. The third-order valence-electron chi connectivity index (χ3n) is 4.37. The maximum atomic E-state index is 13.1. The number of benzene rings is 2. The Bertz CT molecular complexity index is 963. The minimum Gasteiger partial charge on any atom is -0.392 e. The normalized spacial score (nSPS) is 17.4. The lowest BCUT2D eigenvalue weighted by Crippen LogP contribution is -2.19. The van der Waals surface area contributed by atoms with Gasteiger partial charge in [-0.25, -0.2) is 12.8 Å². The molecule has 4 nitrogen and oxygen atoms in total. The summed E-state index contributed by atoms with van der Waals surface area (Å²) in [5, 5.41) is 9.18. The smallest absolute Gasteiger partial charge is 0.258 e. The van der Waals surface area contributed by atoms with Gasteiger partial charge in [0.05, 0.1) is 11.5 Å². The van der Waals surface area contributed by atoms with Gasteiger partial charge in [-0.15, -0.1) is 0 Å². The van der Waals surface area contributed by atoms with Crippen molar-refractivity contribution >= 4 is 21.3 Å². The summed E-state index contributed by atoms with van der Waals surface area (Å²) in [5.74, 6) is -0.313. The van der Waals surface area contributed by atoms with Crippen LogP contribution in [-0.4, -0.2) is 13.5 Å². The fraction of sp³-hybridized carbons (Fsp3) is 0.200. The van der Waals surface area contributed by atoms with E-state index in [1.54, 1.807) is 48.6 Å². The zero-order valence-corrected chi connectivity index (χ0v) is 15.1. The highest BCUT2D eigenvalue weighted by atomic mass is 32.2. The van der Waals surface area contributed by atoms with Gasteiger partial charge in [0.25, 0.3) is 10.0 Å². The standard InChI is InChI=1S/C20H20FNO3S/c1-14-11-19(9-10-20(14)16-5-7-17(21)8-6-16)26(24,25)22-18-4-2-3-15(12-18)13-23/h2-10,12,14,22-23H,11,13H2,1H3. The number of nitrogens with one attached hydrogen (secondary N) is 1. The summed E-state index contributed by atoms with van der Waals surface area (Å²) in [6.07, 6.45) is 3.73. The Balaban J connectivity index is 1.85. The largest absolute Gasteiger partial charge is 0.392 e. The predicted molar refractivity (Wildman–Crippen MR) is 101 cm³/mol. The van der Waals surface area contributed by atoms with E-state index in [-0.39, 0.29) is 18.3 Å². The number of allylic oxidation sites excluding steroid dienone is 4. The van der Waals surface area contributed by atoms with E-state index in [9.17, 15) is 17.9 Å². The molecule has 0 fully saturated rings. The first kappa shape index (κ1) is 18.4. The lowest BCUT2D eigenvalue weighted by atomic mass is 9.88. The van der Waals surface area contributed by atoms with E-state index in [2.05, 4.69) is 4.72 Å². The molecule has 1 atom stereocenters. The van der Waals surface area contributed by atoms with Gasteiger partial charge < -0.3 is 5.11 Å². The molecule has 1 aliphatic rings. The first-order chi connectivity index (χ1) is 12.4. The molecule has 2 aromatic carbocycles. The second-order valence-electron chi connectivity index (χ2n) is 6.33. The lowest BCUT2D eigenvalue weighted by molar-refractivity contribution is 0.282. The summed E-state index contributed by atoms with van der Waals surface area (Å²) in [5.41, 5.74) is 2.91. The van der Waals surface area contributed by atoms with Gasteiger partial charge >= 0.3 is 0 Å². The summed E-state index contributed by atoms with van der Waals surface area (Å²) in [4.78, 5) is 0.297. The first-order valence-electron chi connectivity index (χ1n) is 8.28. The molecule has 0 bridgehead atoms. The van der Waals surface area contributed by atoms with E-state index < -0.39 is 10.0 Å². The lowest BCUT2D eigenvalue weighted by Gasteiger charge is -2.22. The van der Waals surface area contributed by atoms with Crippen LogP contribution in [0.25, 0.3) is 5.57 Å². The van der Waals surface area contributed by atoms with Crippen molar-refractivity contribution in [3.05, 3.63) is 82.5 Å². The maximum absolute atomic E-state index is 13.1. The Morgan fingerprint density at radius 3 is 2.54 bits per heavy atom. The van der Waals surface area contributed by atoms with Crippen molar-refractivity contribution in [1.29, 1.82) is 0 Å². The van der Waals surface area contributed by atoms with Crippen LogP contribution in [-0.2, 0) is 16.6 Å². The summed E-state index contributed by atoms with van der Waals surface area (Å²) in [7, 11) is -3.68. The molecule has 6 heteroatoms. The minimum atomic E-state index is -3.68. The number of hydrogen-bond donors (Lipinski definition) is 2. The average Bonchev–Trinajstić information content (AvgIpc) is 2.62. The highest BCUT2D eigenvalue weighted by Crippen LogP contribution is 2.34. The van der Waals surface area contributed by atoms with Gasteiger partial charge in [0.1, 0.15) is 5.82 Å². The van der Waals surface area contributed by atoms with Crippen LogP contribution in [0, 0.1) is 11.7 Å². The Hall–Kier alpha value is -2.44. The molecule has 3 rings (SSSR count). The van der Waals surface area contributed by atoms with E-state index >= 15 is 0 Å². The molecule has 0 spiro atoms. The molecule has 136 valence electrons. The SMILES string of the molecule is CC1CC(S(=O)(=O)Nc2cccc(CO)c2)=CC=C1c1ccc(F)cc1. The maximum Gasteiger partial charge on any atom is 0.258 e. The highest BCUT2D eigenvalue weighted by Gasteiger charge is 2.25. The molecule has 2 N–H and O–H groups in total. The van der Waals surface area contributed by atoms with Crippen molar-refractivity contribution in [1.82, 2.24) is 0 Å². The molecule has 0 saturated carbocycles. The molecular formula is C20H20FNO3S. The molecular weight excluding hydrogens is 353 g/mol. The molecule has 0 aliphatic heterocycles. The van der Waals surface area contributed by atoms with E-state index in [4.69, 9.17) is 0 Å². The number of halogens is 1. The zero-order valence-electron chi connectivity index (χ0n) is 14.3. The van der Waals surface area contributed by atoms with Crippen LogP contribution < -0.4 is 4.72 Å². The summed E-state index contributed by atoms with van der Waals surface area (Å²) in [6, 6.07) is 12.8. The Morgan fingerprint density at radius 2 is 1.88 bits per heavy atom. The van der Waals surface area contributed by atoms with Crippen LogP contribution in [0.1, 0.15) is 24.5 Å². The summed E-state index contributed by atoms with van der Waals surface area (Å²) < 4.78 is 41.0. The topological polar surface area (TPSA) is 66.4 Å². The van der Waals surface area contributed by atoms with Crippen molar-refractivity contribution in [3.8, 4) is 0 Å². The monoisotopic (exact) mass is 373 g/mol. The fourth-order valence-electron chi connectivity index (χ4n) is 3.00. The van der Waals surface area contributed by atoms with Crippen molar-refractivity contribution < 1.29 is 17.9 Å². The number of rotatable bonds is 5. The molecule has 0 saturated heterocycles. The quantitative estimate of drug-likeness (QED) is 0.830. The van der Waals surface area contributed by atoms with Crippen molar-refractivity contribution in [2.75, 3.05) is 4.72 Å². The summed E-state index contributed by atoms with van der Waals surface area (Å²) >= 11 is 0. The van der Waals surface area contributed by atoms with Gasteiger partial charge in [0, 0.05) is 5.69 Å². The Kier molecular flexibility index (Phi) is 5.25.